The van der Waals surface area contributed by atoms with Crippen LogP contribution in [0.15, 0.2) is 39.3 Å². The Morgan fingerprint density at radius 3 is 2.57 bits per heavy atom. The normalized spacial score (nSPS) is 10.4. The number of aromatic nitrogens is 1. The maximum atomic E-state index is 12.4. The van der Waals surface area contributed by atoms with Gasteiger partial charge in [-0.1, -0.05) is 19.4 Å². The van der Waals surface area contributed by atoms with Gasteiger partial charge in [-0.15, -0.1) is 0 Å². The van der Waals surface area contributed by atoms with E-state index in [-0.39, 0.29) is 5.91 Å². The van der Waals surface area contributed by atoms with Crippen molar-refractivity contribution in [3.63, 3.8) is 0 Å². The standard InChI is InChI=1S/C15H15Br2N3O/c1-2-4-10-7-9(8-13(18)19-10)15(21)20-14-11(16)5-3-6-12(14)17/h3,5-8H,2,4H2,1H3,(H2,18,19)(H,20,21). The molecule has 1 aromatic carbocycles. The summed E-state index contributed by atoms with van der Waals surface area (Å²) in [5, 5.41) is 2.88. The van der Waals surface area contributed by atoms with Crippen LogP contribution in [0.3, 0.4) is 0 Å². The second-order valence-electron chi connectivity index (χ2n) is 4.57. The van der Waals surface area contributed by atoms with Crippen LogP contribution in [-0.2, 0) is 6.42 Å². The van der Waals surface area contributed by atoms with Crippen molar-refractivity contribution < 1.29 is 4.79 Å². The monoisotopic (exact) mass is 411 g/mol. The molecule has 1 aromatic heterocycles. The van der Waals surface area contributed by atoms with Crippen molar-refractivity contribution in [1.82, 2.24) is 4.98 Å². The number of nitrogens with zero attached hydrogens (tertiary/aromatic N) is 1. The summed E-state index contributed by atoms with van der Waals surface area (Å²) in [4.78, 5) is 16.6. The van der Waals surface area contributed by atoms with Crippen LogP contribution < -0.4 is 11.1 Å². The molecule has 110 valence electrons. The highest BCUT2D eigenvalue weighted by molar-refractivity contribution is 9.11. The van der Waals surface area contributed by atoms with Gasteiger partial charge in [0.1, 0.15) is 5.82 Å². The van der Waals surface area contributed by atoms with E-state index in [1.165, 1.54) is 0 Å². The van der Waals surface area contributed by atoms with Gasteiger partial charge in [0.2, 0.25) is 0 Å². The van der Waals surface area contributed by atoms with E-state index < -0.39 is 0 Å². The van der Waals surface area contributed by atoms with Crippen molar-refractivity contribution >= 4 is 49.3 Å². The smallest absolute Gasteiger partial charge is 0.255 e. The number of nitrogens with two attached hydrogens (primary N) is 1. The molecule has 3 N–H and O–H groups in total. The van der Waals surface area contributed by atoms with Crippen molar-refractivity contribution in [3.8, 4) is 0 Å². The van der Waals surface area contributed by atoms with Crippen LogP contribution in [0, 0.1) is 0 Å². The summed E-state index contributed by atoms with van der Waals surface area (Å²) < 4.78 is 1.61. The maximum absolute atomic E-state index is 12.4. The zero-order valence-electron chi connectivity index (χ0n) is 11.5. The number of anilines is 2. The molecule has 0 fully saturated rings. The first kappa shape index (κ1) is 16.0. The number of carbonyl (C=O) groups excluding carboxylic acids is 1. The average Bonchev–Trinajstić information content (AvgIpc) is 2.42. The fraction of sp³-hybridized carbons (Fsp3) is 0.200. The van der Waals surface area contributed by atoms with Crippen LogP contribution in [0.25, 0.3) is 0 Å². The van der Waals surface area contributed by atoms with Crippen molar-refractivity contribution in [2.24, 2.45) is 0 Å². The van der Waals surface area contributed by atoms with Crippen LogP contribution in [-0.4, -0.2) is 10.9 Å². The Hall–Kier alpha value is -1.40. The second kappa shape index (κ2) is 7.04. The van der Waals surface area contributed by atoms with Crippen molar-refractivity contribution in [2.45, 2.75) is 19.8 Å². The van der Waals surface area contributed by atoms with Gasteiger partial charge < -0.3 is 11.1 Å². The van der Waals surface area contributed by atoms with Gasteiger partial charge in [0.05, 0.1) is 5.69 Å². The average molecular weight is 413 g/mol. The van der Waals surface area contributed by atoms with Gasteiger partial charge in [-0.05, 0) is 62.5 Å². The maximum Gasteiger partial charge on any atom is 0.255 e. The van der Waals surface area contributed by atoms with E-state index >= 15 is 0 Å². The Morgan fingerprint density at radius 1 is 1.29 bits per heavy atom. The lowest BCUT2D eigenvalue weighted by atomic mass is 10.1. The molecule has 0 atom stereocenters. The minimum Gasteiger partial charge on any atom is -0.384 e. The summed E-state index contributed by atoms with van der Waals surface area (Å²) in [5.74, 6) is 0.145. The van der Waals surface area contributed by atoms with E-state index in [1.54, 1.807) is 12.1 Å². The number of aryl methyl sites for hydroxylation is 1. The molecule has 0 saturated heterocycles. The van der Waals surface area contributed by atoms with Crippen LogP contribution in [0.1, 0.15) is 29.4 Å². The third-order valence-corrected chi connectivity index (χ3v) is 4.19. The molecule has 21 heavy (non-hydrogen) atoms. The summed E-state index contributed by atoms with van der Waals surface area (Å²) >= 11 is 6.84. The van der Waals surface area contributed by atoms with Gasteiger partial charge in [0.15, 0.2) is 0 Å². The van der Waals surface area contributed by atoms with E-state index in [9.17, 15) is 4.79 Å². The third-order valence-electron chi connectivity index (χ3n) is 2.87. The third kappa shape index (κ3) is 4.04. The van der Waals surface area contributed by atoms with E-state index in [4.69, 9.17) is 5.73 Å². The number of nitrogen functional groups attached to an aromatic ring is 1. The first-order valence-corrected chi connectivity index (χ1v) is 8.11. The molecule has 0 spiro atoms. The number of benzene rings is 1. The lowest BCUT2D eigenvalue weighted by Gasteiger charge is -2.10. The zero-order valence-corrected chi connectivity index (χ0v) is 14.7. The highest BCUT2D eigenvalue weighted by Gasteiger charge is 2.12. The van der Waals surface area contributed by atoms with Gasteiger partial charge in [0, 0.05) is 20.2 Å². The molecule has 1 heterocycles. The summed E-state index contributed by atoms with van der Waals surface area (Å²) in [6, 6.07) is 8.97. The molecule has 1 amide bonds. The quantitative estimate of drug-likeness (QED) is 0.782. The Morgan fingerprint density at radius 2 is 1.95 bits per heavy atom. The first-order valence-electron chi connectivity index (χ1n) is 6.53. The molecule has 6 heteroatoms. The fourth-order valence-electron chi connectivity index (χ4n) is 1.93. The largest absolute Gasteiger partial charge is 0.384 e. The van der Waals surface area contributed by atoms with E-state index in [0.29, 0.717) is 17.1 Å². The van der Waals surface area contributed by atoms with Crippen LogP contribution in [0.5, 0.6) is 0 Å². The summed E-state index contributed by atoms with van der Waals surface area (Å²) in [5.41, 5.74) is 7.80. The number of hydrogen-bond acceptors (Lipinski definition) is 3. The van der Waals surface area contributed by atoms with Gasteiger partial charge in [-0.3, -0.25) is 4.79 Å². The number of pyridine rings is 1. The summed E-state index contributed by atoms with van der Waals surface area (Å²) in [7, 11) is 0. The molecule has 0 radical (unpaired) electrons. The minimum absolute atomic E-state index is 0.214. The van der Waals surface area contributed by atoms with Crippen LogP contribution >= 0.6 is 31.9 Å². The minimum atomic E-state index is -0.214. The Kier molecular flexibility index (Phi) is 5.36. The van der Waals surface area contributed by atoms with Crippen molar-refractivity contribution in [1.29, 1.82) is 0 Å². The number of rotatable bonds is 4. The van der Waals surface area contributed by atoms with Gasteiger partial charge in [0.25, 0.3) is 5.91 Å². The Balaban J connectivity index is 2.28. The lowest BCUT2D eigenvalue weighted by molar-refractivity contribution is 0.102. The molecule has 0 unspecified atom stereocenters. The van der Waals surface area contributed by atoms with Gasteiger partial charge in [-0.25, -0.2) is 4.98 Å². The van der Waals surface area contributed by atoms with E-state index in [2.05, 4.69) is 49.1 Å². The highest BCUT2D eigenvalue weighted by Crippen LogP contribution is 2.31. The molecule has 2 rings (SSSR count). The van der Waals surface area contributed by atoms with Crippen LogP contribution in [0.4, 0.5) is 11.5 Å². The molecule has 0 aliphatic heterocycles. The molecule has 0 saturated carbocycles. The second-order valence-corrected chi connectivity index (χ2v) is 6.28. The number of carbonyl (C=O) groups is 1. The number of amides is 1. The number of hydrogen-bond donors (Lipinski definition) is 2. The van der Waals surface area contributed by atoms with E-state index in [0.717, 1.165) is 27.5 Å². The molecular weight excluding hydrogens is 398 g/mol. The molecular formula is C15H15Br2N3O. The van der Waals surface area contributed by atoms with Crippen molar-refractivity contribution in [3.05, 3.63) is 50.5 Å². The molecule has 4 nitrogen and oxygen atoms in total. The fourth-order valence-corrected chi connectivity index (χ4v) is 3.13. The topological polar surface area (TPSA) is 68.0 Å². The predicted octanol–water partition coefficient (Wildman–Crippen LogP) is 4.39. The SMILES string of the molecule is CCCc1cc(C(=O)Nc2c(Br)cccc2Br)cc(N)n1. The predicted molar refractivity (Wildman–Crippen MR) is 92.4 cm³/mol. The molecule has 2 aromatic rings. The van der Waals surface area contributed by atoms with Crippen LogP contribution in [0.2, 0.25) is 0 Å². The molecule has 0 aliphatic rings. The highest BCUT2D eigenvalue weighted by atomic mass is 79.9. The number of nitrogens with one attached hydrogen (secondary N) is 1. The van der Waals surface area contributed by atoms with Gasteiger partial charge >= 0.3 is 0 Å². The summed E-state index contributed by atoms with van der Waals surface area (Å²) in [6.07, 6.45) is 1.75. The Bertz CT molecular complexity index is 654. The first-order chi connectivity index (χ1) is 10.0. The van der Waals surface area contributed by atoms with Gasteiger partial charge in [-0.2, -0.15) is 0 Å². The molecule has 0 bridgehead atoms. The zero-order chi connectivity index (χ0) is 15.4. The number of para-hydroxylation sites is 1. The van der Waals surface area contributed by atoms with E-state index in [1.807, 2.05) is 18.2 Å². The molecule has 0 aliphatic carbocycles. The Labute approximate surface area is 140 Å². The van der Waals surface area contributed by atoms with Crippen molar-refractivity contribution in [2.75, 3.05) is 11.1 Å². The lowest BCUT2D eigenvalue weighted by Crippen LogP contribution is -2.14. The number of halogens is 2. The summed E-state index contributed by atoms with van der Waals surface area (Å²) in [6.45, 7) is 2.06.